The molecule has 0 N–H and O–H groups in total. The number of aryl methyl sites for hydroxylation is 2. The van der Waals surface area contributed by atoms with Crippen LogP contribution in [-0.4, -0.2) is 63.6 Å². The second-order valence-corrected chi connectivity index (χ2v) is 20.5. The zero-order valence-corrected chi connectivity index (χ0v) is 46.6. The highest BCUT2D eigenvalue weighted by Gasteiger charge is 2.32. The van der Waals surface area contributed by atoms with Crippen molar-refractivity contribution in [1.82, 2.24) is 0 Å². The third-order valence-electron chi connectivity index (χ3n) is 14.3. The predicted octanol–water partition coefficient (Wildman–Crippen LogP) is 16.5. The van der Waals surface area contributed by atoms with Crippen LogP contribution < -0.4 is 28.7 Å². The Labute approximate surface area is 457 Å². The fraction of sp³-hybridized carbons (Fsp3) is 0.562. The molecule has 4 aromatic rings. The molecular weight excluding hydrogens is 957 g/mol. The lowest BCUT2D eigenvalue weighted by atomic mass is 9.82. The minimum atomic E-state index is -0.771. The van der Waals surface area contributed by atoms with Crippen molar-refractivity contribution in [1.29, 1.82) is 0 Å². The van der Waals surface area contributed by atoms with Gasteiger partial charge in [0, 0.05) is 39.0 Å². The molecule has 0 amide bonds. The first kappa shape index (κ1) is 60.8. The van der Waals surface area contributed by atoms with Crippen molar-refractivity contribution < 1.29 is 49.0 Å². The van der Waals surface area contributed by atoms with Gasteiger partial charge in [0.2, 0.25) is 0 Å². The maximum absolute atomic E-state index is 12.7. The van der Waals surface area contributed by atoms with Gasteiger partial charge in [0.05, 0.1) is 25.0 Å². The molecule has 76 heavy (non-hydrogen) atoms. The highest BCUT2D eigenvalue weighted by atomic mass is 16.7. The van der Waals surface area contributed by atoms with Crippen molar-refractivity contribution in [2.75, 3.05) is 49.2 Å². The number of esters is 2. The molecule has 418 valence electrons. The molecule has 1 saturated carbocycles. The highest BCUT2D eigenvalue weighted by molar-refractivity contribution is 5.78. The van der Waals surface area contributed by atoms with Crippen LogP contribution in [0.1, 0.15) is 182 Å². The molecule has 12 heteroatoms. The summed E-state index contributed by atoms with van der Waals surface area (Å²) < 4.78 is 31.3. The molecule has 6 rings (SSSR count). The maximum Gasteiger partial charge on any atom is 0.513 e. The Morgan fingerprint density at radius 2 is 0.671 bits per heavy atom. The van der Waals surface area contributed by atoms with Crippen LogP contribution in [-0.2, 0) is 31.9 Å². The summed E-state index contributed by atoms with van der Waals surface area (Å²) in [6.07, 6.45) is 25.0. The Morgan fingerprint density at radius 1 is 0.382 bits per heavy atom. The van der Waals surface area contributed by atoms with Crippen molar-refractivity contribution in [3.05, 3.63) is 108 Å². The third-order valence-corrected chi connectivity index (χ3v) is 14.3. The average Bonchev–Trinajstić information content (AvgIpc) is 3.44. The molecule has 1 aliphatic carbocycles. The molecule has 12 nitrogen and oxygen atoms in total. The van der Waals surface area contributed by atoms with Gasteiger partial charge in [-0.15, -0.1) is 0 Å². The molecule has 2 fully saturated rings. The van der Waals surface area contributed by atoms with Crippen molar-refractivity contribution in [2.45, 2.75) is 182 Å². The van der Waals surface area contributed by atoms with Crippen LogP contribution >= 0.6 is 0 Å². The first-order valence-corrected chi connectivity index (χ1v) is 29.2. The molecule has 0 radical (unpaired) electrons. The van der Waals surface area contributed by atoms with Crippen LogP contribution in [0, 0.1) is 11.8 Å². The molecule has 4 aromatic carbocycles. The number of carbonyl (C=O) groups excluding carboxylic acids is 4. The van der Waals surface area contributed by atoms with E-state index in [1.807, 2.05) is 0 Å². The van der Waals surface area contributed by atoms with E-state index < -0.39 is 12.3 Å². The molecular formula is C64H92N2O10. The lowest BCUT2D eigenvalue weighted by Crippen LogP contribution is -2.46. The highest BCUT2D eigenvalue weighted by Crippen LogP contribution is 2.32. The van der Waals surface area contributed by atoms with Gasteiger partial charge in [-0.25, -0.2) is 9.59 Å². The summed E-state index contributed by atoms with van der Waals surface area (Å²) in [4.78, 5) is 53.9. The quantitative estimate of drug-likeness (QED) is 0.0213. The number of hydrogen-bond donors (Lipinski definition) is 0. The summed E-state index contributed by atoms with van der Waals surface area (Å²) in [6, 6.07) is 31.1. The predicted molar refractivity (Wildman–Crippen MR) is 306 cm³/mol. The monoisotopic (exact) mass is 1050 g/mol. The second kappa shape index (κ2) is 36.1. The zero-order valence-electron chi connectivity index (χ0n) is 46.6. The van der Waals surface area contributed by atoms with E-state index >= 15 is 0 Å². The normalized spacial score (nSPS) is 15.2. The largest absolute Gasteiger partial charge is 0.513 e. The number of rotatable bonds is 30. The number of carbonyl (C=O) groups is 4. The number of nitrogens with zero attached hydrogens (tertiary/aromatic N) is 2. The maximum atomic E-state index is 12.7. The fourth-order valence-electron chi connectivity index (χ4n) is 9.57. The Kier molecular flexibility index (Phi) is 28.9. The molecule has 0 aromatic heterocycles. The van der Waals surface area contributed by atoms with Crippen LogP contribution in [0.15, 0.2) is 97.1 Å². The lowest BCUT2D eigenvalue weighted by molar-refractivity contribution is -0.145. The SMILES string of the molecule is CCCCCCCCc1ccc(N2CCN(c3ccc(CCCCCCCC)cc3)CC2)cc1.CCCCCOC(=O)Oc1ccc(OC(=O)C2CCC(C(=O)Oc3ccc(OC(=O)OCCCCC)cc3)CC2)cc1.[HH]. The standard InChI is InChI=1S/C32H50N2.C32H40O10.H2/c1-3-5-7-9-11-13-15-29-17-21-31(22-18-29)33-25-27-34(28-26-33)32-23-19-30(20-24-32)16-14-12-10-8-6-4-2;1-3-5-7-21-37-31(35)41-27-17-13-25(14-18-27)39-29(33)23-9-11-24(12-10-23)30(34)40-26-15-19-28(20-16-26)42-32(36)38-22-8-6-4-2;/h17-24H,3-16,25-28H2,1-2H3;13-20,23-24H,3-12,21-22H2,1-2H3;1H. The van der Waals surface area contributed by atoms with E-state index in [2.05, 4.69) is 86.0 Å². The van der Waals surface area contributed by atoms with Crippen LogP contribution in [0.2, 0.25) is 0 Å². The van der Waals surface area contributed by atoms with E-state index in [1.54, 1.807) is 24.3 Å². The molecule has 2 aliphatic rings. The van der Waals surface area contributed by atoms with E-state index in [0.717, 1.165) is 64.7 Å². The van der Waals surface area contributed by atoms with Crippen LogP contribution in [0.5, 0.6) is 23.0 Å². The smallest absolute Gasteiger partial charge is 0.434 e. The summed E-state index contributed by atoms with van der Waals surface area (Å²) in [5, 5.41) is 0. The van der Waals surface area contributed by atoms with Gasteiger partial charge in [-0.1, -0.05) is 142 Å². The van der Waals surface area contributed by atoms with Gasteiger partial charge in [-0.05, 0) is 148 Å². The fourth-order valence-corrected chi connectivity index (χ4v) is 9.57. The van der Waals surface area contributed by atoms with Gasteiger partial charge < -0.3 is 38.2 Å². The Bertz CT molecular complexity index is 2060. The Balaban J connectivity index is 0.000000335. The summed E-state index contributed by atoms with van der Waals surface area (Å²) in [5.74, 6) is -0.156. The number of hydrogen-bond acceptors (Lipinski definition) is 12. The van der Waals surface area contributed by atoms with Gasteiger partial charge in [-0.2, -0.15) is 0 Å². The van der Waals surface area contributed by atoms with Crippen molar-refractivity contribution in [3.63, 3.8) is 0 Å². The van der Waals surface area contributed by atoms with E-state index in [1.165, 1.54) is 137 Å². The Morgan fingerprint density at radius 3 is 1.00 bits per heavy atom. The summed E-state index contributed by atoms with van der Waals surface area (Å²) >= 11 is 0. The van der Waals surface area contributed by atoms with Crippen molar-refractivity contribution in [2.24, 2.45) is 11.8 Å². The summed E-state index contributed by atoms with van der Waals surface area (Å²) in [7, 11) is 0. The van der Waals surface area contributed by atoms with Gasteiger partial charge in [0.1, 0.15) is 23.0 Å². The van der Waals surface area contributed by atoms with Crippen molar-refractivity contribution >= 4 is 35.6 Å². The van der Waals surface area contributed by atoms with Crippen molar-refractivity contribution in [3.8, 4) is 23.0 Å². The summed E-state index contributed by atoms with van der Waals surface area (Å²) in [5.41, 5.74) is 5.78. The topological polar surface area (TPSA) is 130 Å². The number of benzene rings is 4. The molecule has 1 heterocycles. The minimum absolute atomic E-state index is 0. The van der Waals surface area contributed by atoms with Gasteiger partial charge in [0.15, 0.2) is 0 Å². The van der Waals surface area contributed by atoms with E-state index in [9.17, 15) is 19.2 Å². The van der Waals surface area contributed by atoms with Gasteiger partial charge >= 0.3 is 24.2 Å². The van der Waals surface area contributed by atoms with Crippen LogP contribution in [0.25, 0.3) is 0 Å². The number of piperazine rings is 1. The molecule has 0 unspecified atom stereocenters. The van der Waals surface area contributed by atoms with E-state index in [0.29, 0.717) is 50.4 Å². The number of ether oxygens (including phenoxy) is 6. The lowest BCUT2D eigenvalue weighted by Gasteiger charge is -2.37. The van der Waals surface area contributed by atoms with E-state index in [-0.39, 0.29) is 36.7 Å². The molecule has 0 bridgehead atoms. The molecule has 1 aliphatic heterocycles. The molecule has 1 saturated heterocycles. The van der Waals surface area contributed by atoms with Crippen LogP contribution in [0.3, 0.4) is 0 Å². The molecule has 0 spiro atoms. The van der Waals surface area contributed by atoms with Gasteiger partial charge in [-0.3, -0.25) is 9.59 Å². The average molecular weight is 1050 g/mol. The van der Waals surface area contributed by atoms with E-state index in [4.69, 9.17) is 28.4 Å². The summed E-state index contributed by atoms with van der Waals surface area (Å²) in [6.45, 7) is 13.7. The first-order chi connectivity index (χ1) is 37.2. The second-order valence-electron chi connectivity index (χ2n) is 20.5. The first-order valence-electron chi connectivity index (χ1n) is 29.2. The molecule has 0 atom stereocenters. The number of unbranched alkanes of at least 4 members (excludes halogenated alkanes) is 14. The van der Waals surface area contributed by atoms with Gasteiger partial charge in [0.25, 0.3) is 0 Å². The third kappa shape index (κ3) is 23.5. The minimum Gasteiger partial charge on any atom is -0.434 e. The Hall–Kier alpha value is -6.04. The zero-order chi connectivity index (χ0) is 54.0. The number of anilines is 2. The van der Waals surface area contributed by atoms with Crippen LogP contribution in [0.4, 0.5) is 21.0 Å².